The smallest absolute Gasteiger partial charge is 0.276 e. The molecule has 0 bridgehead atoms. The molecule has 0 fully saturated rings. The summed E-state index contributed by atoms with van der Waals surface area (Å²) in [5.41, 5.74) is 5.66. The molecule has 4 aromatic rings. The lowest BCUT2D eigenvalue weighted by Crippen LogP contribution is -2.13. The van der Waals surface area contributed by atoms with Gasteiger partial charge in [0.15, 0.2) is 5.69 Å². The molecule has 150 valence electrons. The summed E-state index contributed by atoms with van der Waals surface area (Å²) in [6.45, 7) is 4.06. The van der Waals surface area contributed by atoms with Crippen LogP contribution in [0.25, 0.3) is 16.9 Å². The number of anilines is 1. The van der Waals surface area contributed by atoms with Crippen molar-refractivity contribution >= 4 is 34.8 Å². The first-order chi connectivity index (χ1) is 14.4. The van der Waals surface area contributed by atoms with Crippen LogP contribution in [0.5, 0.6) is 0 Å². The highest BCUT2D eigenvalue weighted by Crippen LogP contribution is 2.30. The normalized spacial score (nSPS) is 10.8. The monoisotopic (exact) mass is 435 g/mol. The average Bonchev–Trinajstić information content (AvgIpc) is 3.18. The first-order valence-electron chi connectivity index (χ1n) is 9.42. The standard InChI is InChI=1S/C24H19Cl2N3O/c1-15-9-11-17(12-10-15)22-14-21(28-29(22)18-6-3-5-16(2)13-18)24(30)27-20-8-4-7-19(25)23(20)26/h3-14H,1-2H3,(H,27,30). The molecule has 0 radical (unpaired) electrons. The number of aromatic nitrogens is 2. The highest BCUT2D eigenvalue weighted by molar-refractivity contribution is 6.44. The van der Waals surface area contributed by atoms with E-state index in [1.165, 1.54) is 0 Å². The molecular formula is C24H19Cl2N3O. The number of benzene rings is 3. The molecule has 0 aliphatic rings. The summed E-state index contributed by atoms with van der Waals surface area (Å²) < 4.78 is 1.78. The summed E-state index contributed by atoms with van der Waals surface area (Å²) in [5, 5.41) is 8.07. The van der Waals surface area contributed by atoms with Crippen LogP contribution in [0.3, 0.4) is 0 Å². The van der Waals surface area contributed by atoms with Gasteiger partial charge in [0.25, 0.3) is 5.91 Å². The molecular weight excluding hydrogens is 417 g/mol. The quantitative estimate of drug-likeness (QED) is 0.386. The molecule has 0 spiro atoms. The number of amides is 1. The predicted octanol–water partition coefficient (Wildman–Crippen LogP) is 6.72. The van der Waals surface area contributed by atoms with E-state index in [9.17, 15) is 4.79 Å². The lowest BCUT2D eigenvalue weighted by atomic mass is 10.1. The number of nitrogens with one attached hydrogen (secondary N) is 1. The number of hydrogen-bond donors (Lipinski definition) is 1. The molecule has 1 N–H and O–H groups in total. The Labute approximate surface area is 185 Å². The van der Waals surface area contributed by atoms with Crippen LogP contribution in [0.15, 0.2) is 72.8 Å². The minimum Gasteiger partial charge on any atom is -0.319 e. The Bertz CT molecular complexity index is 1230. The summed E-state index contributed by atoms with van der Waals surface area (Å²) in [5.74, 6) is -0.362. The van der Waals surface area contributed by atoms with E-state index in [0.717, 1.165) is 28.1 Å². The molecule has 0 aliphatic heterocycles. The average molecular weight is 436 g/mol. The fourth-order valence-corrected chi connectivity index (χ4v) is 3.51. The number of hydrogen-bond acceptors (Lipinski definition) is 2. The zero-order valence-corrected chi connectivity index (χ0v) is 18.0. The summed E-state index contributed by atoms with van der Waals surface area (Å²) in [7, 11) is 0. The van der Waals surface area contributed by atoms with E-state index in [1.807, 2.05) is 62.4 Å². The van der Waals surface area contributed by atoms with Crippen molar-refractivity contribution in [1.82, 2.24) is 9.78 Å². The van der Waals surface area contributed by atoms with E-state index in [2.05, 4.69) is 10.4 Å². The Balaban J connectivity index is 1.77. The van der Waals surface area contributed by atoms with E-state index in [1.54, 1.807) is 28.9 Å². The summed E-state index contributed by atoms with van der Waals surface area (Å²) in [6, 6.07) is 23.0. The molecule has 1 heterocycles. The van der Waals surface area contributed by atoms with Crippen molar-refractivity contribution in [2.24, 2.45) is 0 Å². The Morgan fingerprint density at radius 1 is 0.900 bits per heavy atom. The van der Waals surface area contributed by atoms with Gasteiger partial charge in [-0.2, -0.15) is 5.10 Å². The van der Waals surface area contributed by atoms with Crippen LogP contribution in [0.2, 0.25) is 10.0 Å². The Morgan fingerprint density at radius 3 is 2.37 bits per heavy atom. The van der Waals surface area contributed by atoms with Gasteiger partial charge in [0.2, 0.25) is 0 Å². The molecule has 4 nitrogen and oxygen atoms in total. The number of carbonyl (C=O) groups excluding carboxylic acids is 1. The first-order valence-corrected chi connectivity index (χ1v) is 10.2. The zero-order valence-electron chi connectivity index (χ0n) is 16.5. The van der Waals surface area contributed by atoms with Gasteiger partial charge in [0.1, 0.15) is 0 Å². The Hall–Kier alpha value is -3.08. The third-order valence-electron chi connectivity index (χ3n) is 4.74. The predicted molar refractivity (Wildman–Crippen MR) is 123 cm³/mol. The molecule has 0 saturated carbocycles. The maximum atomic E-state index is 12.9. The molecule has 0 saturated heterocycles. The first kappa shape index (κ1) is 20.2. The van der Waals surface area contributed by atoms with Gasteiger partial charge in [-0.15, -0.1) is 0 Å². The summed E-state index contributed by atoms with van der Waals surface area (Å²) >= 11 is 12.3. The molecule has 0 aliphatic carbocycles. The third-order valence-corrected chi connectivity index (χ3v) is 5.55. The van der Waals surface area contributed by atoms with E-state index in [0.29, 0.717) is 15.7 Å². The number of halogens is 2. The van der Waals surface area contributed by atoms with Crippen LogP contribution in [0, 0.1) is 13.8 Å². The van der Waals surface area contributed by atoms with Crippen molar-refractivity contribution in [2.45, 2.75) is 13.8 Å². The van der Waals surface area contributed by atoms with Crippen molar-refractivity contribution < 1.29 is 4.79 Å². The van der Waals surface area contributed by atoms with Crippen LogP contribution in [0.1, 0.15) is 21.6 Å². The number of nitrogens with zero attached hydrogens (tertiary/aromatic N) is 2. The van der Waals surface area contributed by atoms with Crippen LogP contribution in [-0.4, -0.2) is 15.7 Å². The Kier molecular flexibility index (Phi) is 5.62. The van der Waals surface area contributed by atoms with Gasteiger partial charge < -0.3 is 5.32 Å². The minimum atomic E-state index is -0.362. The highest BCUT2D eigenvalue weighted by atomic mass is 35.5. The highest BCUT2D eigenvalue weighted by Gasteiger charge is 2.18. The topological polar surface area (TPSA) is 46.9 Å². The van der Waals surface area contributed by atoms with Gasteiger partial charge in [0.05, 0.1) is 27.1 Å². The van der Waals surface area contributed by atoms with Crippen LogP contribution >= 0.6 is 23.2 Å². The lowest BCUT2D eigenvalue weighted by molar-refractivity contribution is 0.102. The SMILES string of the molecule is Cc1ccc(-c2cc(C(=O)Nc3cccc(Cl)c3Cl)nn2-c2cccc(C)c2)cc1. The van der Waals surface area contributed by atoms with Crippen molar-refractivity contribution in [3.63, 3.8) is 0 Å². The summed E-state index contributed by atoms with van der Waals surface area (Å²) in [6.07, 6.45) is 0. The molecule has 1 aromatic heterocycles. The lowest BCUT2D eigenvalue weighted by Gasteiger charge is -2.09. The summed E-state index contributed by atoms with van der Waals surface area (Å²) in [4.78, 5) is 12.9. The van der Waals surface area contributed by atoms with Gasteiger partial charge >= 0.3 is 0 Å². The van der Waals surface area contributed by atoms with E-state index < -0.39 is 0 Å². The molecule has 30 heavy (non-hydrogen) atoms. The number of aryl methyl sites for hydroxylation is 2. The van der Waals surface area contributed by atoms with Crippen molar-refractivity contribution in [2.75, 3.05) is 5.32 Å². The fraction of sp³-hybridized carbons (Fsp3) is 0.0833. The Morgan fingerprint density at radius 2 is 1.63 bits per heavy atom. The van der Waals surface area contributed by atoms with E-state index >= 15 is 0 Å². The molecule has 0 unspecified atom stereocenters. The maximum absolute atomic E-state index is 12.9. The van der Waals surface area contributed by atoms with Crippen molar-refractivity contribution in [3.8, 4) is 16.9 Å². The van der Waals surface area contributed by atoms with Crippen LogP contribution < -0.4 is 5.32 Å². The van der Waals surface area contributed by atoms with Gasteiger partial charge in [0, 0.05) is 5.56 Å². The molecule has 4 rings (SSSR count). The molecule has 0 atom stereocenters. The second-order valence-corrected chi connectivity index (χ2v) is 7.87. The fourth-order valence-electron chi connectivity index (χ4n) is 3.17. The number of carbonyl (C=O) groups is 1. The van der Waals surface area contributed by atoms with Gasteiger partial charge in [-0.25, -0.2) is 4.68 Å². The van der Waals surface area contributed by atoms with E-state index in [4.69, 9.17) is 23.2 Å². The van der Waals surface area contributed by atoms with Crippen molar-refractivity contribution in [1.29, 1.82) is 0 Å². The maximum Gasteiger partial charge on any atom is 0.276 e. The second kappa shape index (κ2) is 8.34. The van der Waals surface area contributed by atoms with E-state index in [-0.39, 0.29) is 11.6 Å². The second-order valence-electron chi connectivity index (χ2n) is 7.09. The largest absolute Gasteiger partial charge is 0.319 e. The molecule has 1 amide bonds. The third kappa shape index (κ3) is 4.11. The van der Waals surface area contributed by atoms with Gasteiger partial charge in [-0.05, 0) is 49.7 Å². The number of rotatable bonds is 4. The van der Waals surface area contributed by atoms with Crippen molar-refractivity contribution in [3.05, 3.63) is 99.7 Å². The minimum absolute atomic E-state index is 0.281. The zero-order chi connectivity index (χ0) is 21.3. The molecule has 6 heteroatoms. The van der Waals surface area contributed by atoms with Gasteiger partial charge in [-0.3, -0.25) is 4.79 Å². The van der Waals surface area contributed by atoms with Gasteiger partial charge in [-0.1, -0.05) is 71.2 Å². The van der Waals surface area contributed by atoms with Crippen LogP contribution in [0.4, 0.5) is 5.69 Å². The van der Waals surface area contributed by atoms with Crippen LogP contribution in [-0.2, 0) is 0 Å². The molecule has 3 aromatic carbocycles.